The summed E-state index contributed by atoms with van der Waals surface area (Å²) in [5, 5.41) is 11.3. The highest BCUT2D eigenvalue weighted by atomic mass is 35.5. The fourth-order valence-corrected chi connectivity index (χ4v) is 3.76. The zero-order valence-corrected chi connectivity index (χ0v) is 21.0. The maximum atomic E-state index is 13.5. The zero-order chi connectivity index (χ0) is 26.0. The minimum absolute atomic E-state index is 0.221. The number of ether oxygens (including phenoxy) is 1. The third kappa shape index (κ3) is 5.28. The molecule has 4 rings (SSSR count). The van der Waals surface area contributed by atoms with E-state index in [1.54, 1.807) is 69.3 Å². The summed E-state index contributed by atoms with van der Waals surface area (Å²) in [5.74, 6) is -1.20. The minimum Gasteiger partial charge on any atom is -0.423 e. The summed E-state index contributed by atoms with van der Waals surface area (Å²) in [4.78, 5) is 39.7. The van der Waals surface area contributed by atoms with Gasteiger partial charge in [-0.15, -0.1) is 5.10 Å². The number of nitrogens with one attached hydrogen (secondary N) is 1. The Morgan fingerprint density at radius 1 is 1.00 bits per heavy atom. The van der Waals surface area contributed by atoms with Gasteiger partial charge < -0.3 is 10.1 Å². The number of hydrogen-bond donors (Lipinski definition) is 1. The van der Waals surface area contributed by atoms with E-state index >= 15 is 0 Å². The monoisotopic (exact) mass is 504 g/mol. The van der Waals surface area contributed by atoms with Crippen LogP contribution in [-0.2, 0) is 9.59 Å². The lowest BCUT2D eigenvalue weighted by Crippen LogP contribution is -2.39. The van der Waals surface area contributed by atoms with Gasteiger partial charge in [0.25, 0.3) is 5.91 Å². The van der Waals surface area contributed by atoms with Crippen LogP contribution in [0.15, 0.2) is 66.7 Å². The molecule has 8 nitrogen and oxygen atoms in total. The van der Waals surface area contributed by atoms with Gasteiger partial charge >= 0.3 is 5.97 Å². The van der Waals surface area contributed by atoms with E-state index in [9.17, 15) is 14.4 Å². The topological polar surface area (TPSA) is 103 Å². The van der Waals surface area contributed by atoms with Crippen molar-refractivity contribution in [3.63, 3.8) is 0 Å². The Hall–Kier alpha value is -4.04. The summed E-state index contributed by atoms with van der Waals surface area (Å²) in [6.07, 6.45) is 0. The first-order valence-electron chi connectivity index (χ1n) is 11.3. The maximum Gasteiger partial charge on any atom is 0.343 e. The van der Waals surface area contributed by atoms with Crippen LogP contribution in [0.5, 0.6) is 5.75 Å². The Balaban J connectivity index is 1.74. The van der Waals surface area contributed by atoms with Crippen molar-refractivity contribution in [2.45, 2.75) is 33.7 Å². The number of aromatic nitrogens is 3. The van der Waals surface area contributed by atoms with E-state index in [2.05, 4.69) is 15.6 Å². The van der Waals surface area contributed by atoms with E-state index in [1.807, 2.05) is 19.1 Å². The molecule has 4 aromatic rings. The molecular weight excluding hydrogens is 480 g/mol. The number of hydrogen-bond acceptors (Lipinski definition) is 6. The van der Waals surface area contributed by atoms with Gasteiger partial charge in [-0.3, -0.25) is 9.59 Å². The molecule has 1 unspecified atom stereocenters. The molecule has 0 aliphatic rings. The van der Waals surface area contributed by atoms with Crippen LogP contribution in [0.1, 0.15) is 42.7 Å². The van der Waals surface area contributed by atoms with Gasteiger partial charge in [-0.25, -0.2) is 9.48 Å². The summed E-state index contributed by atoms with van der Waals surface area (Å²) in [6, 6.07) is 17.2. The molecular formula is C27H25ClN4O4. The molecule has 0 fully saturated rings. The second kappa shape index (κ2) is 9.91. The van der Waals surface area contributed by atoms with Gasteiger partial charge in [0.1, 0.15) is 11.3 Å². The van der Waals surface area contributed by atoms with Gasteiger partial charge in [0.2, 0.25) is 0 Å². The molecule has 0 aliphatic heterocycles. The third-order valence-corrected chi connectivity index (χ3v) is 5.85. The lowest BCUT2D eigenvalue weighted by atomic mass is 9.86. The van der Waals surface area contributed by atoms with E-state index in [-0.39, 0.29) is 11.3 Å². The van der Waals surface area contributed by atoms with E-state index in [4.69, 9.17) is 16.3 Å². The molecule has 1 atom stereocenters. The molecule has 1 aromatic heterocycles. The minimum atomic E-state index is -1.35. The van der Waals surface area contributed by atoms with Crippen molar-refractivity contribution in [2.24, 2.45) is 5.41 Å². The number of amides is 1. The summed E-state index contributed by atoms with van der Waals surface area (Å²) in [5.41, 5.74) is 1.37. The number of aryl methyl sites for hydroxylation is 1. The average molecular weight is 505 g/mol. The Bertz CT molecular complexity index is 1460. The first-order valence-corrected chi connectivity index (χ1v) is 11.7. The molecule has 0 radical (unpaired) electrons. The molecule has 0 aliphatic carbocycles. The first-order chi connectivity index (χ1) is 17.0. The third-order valence-electron chi connectivity index (χ3n) is 5.52. The van der Waals surface area contributed by atoms with Crippen LogP contribution in [0.4, 0.5) is 5.69 Å². The number of carbonyl (C=O) groups is 3. The molecule has 9 heteroatoms. The standard InChI is InChI=1S/C27H25ClN4O4/c1-16-10-12-19(28)21(14-16)29-25(34)23(24(33)27(2,3)4)32-22-15-17(11-13-20(22)30-31-32)26(35)36-18-8-6-5-7-9-18/h5-15,23H,1-4H3,(H,29,34). The van der Waals surface area contributed by atoms with Gasteiger partial charge in [0, 0.05) is 5.41 Å². The lowest BCUT2D eigenvalue weighted by Gasteiger charge is -2.24. The molecule has 0 bridgehead atoms. The second-order valence-electron chi connectivity index (χ2n) is 9.43. The highest BCUT2D eigenvalue weighted by Gasteiger charge is 2.38. The SMILES string of the molecule is Cc1ccc(Cl)c(NC(=O)C(C(=O)C(C)(C)C)n2nnc3ccc(C(=O)Oc4ccccc4)cc32)c1. The fraction of sp³-hybridized carbons (Fsp3) is 0.222. The predicted molar refractivity (Wildman–Crippen MR) is 137 cm³/mol. The van der Waals surface area contributed by atoms with Crippen molar-refractivity contribution >= 4 is 46.0 Å². The number of anilines is 1. The van der Waals surface area contributed by atoms with Gasteiger partial charge in [-0.1, -0.05) is 61.9 Å². The van der Waals surface area contributed by atoms with E-state index < -0.39 is 23.3 Å². The van der Waals surface area contributed by atoms with Gasteiger partial charge in [0.05, 0.1) is 21.8 Å². The van der Waals surface area contributed by atoms with Crippen molar-refractivity contribution < 1.29 is 19.1 Å². The van der Waals surface area contributed by atoms with Crippen molar-refractivity contribution in [3.05, 3.63) is 82.9 Å². The Morgan fingerprint density at radius 2 is 1.72 bits per heavy atom. The van der Waals surface area contributed by atoms with Crippen LogP contribution in [0, 0.1) is 12.3 Å². The maximum absolute atomic E-state index is 13.5. The van der Waals surface area contributed by atoms with Crippen LogP contribution in [0.3, 0.4) is 0 Å². The number of esters is 1. The van der Waals surface area contributed by atoms with Crippen LogP contribution < -0.4 is 10.1 Å². The summed E-state index contributed by atoms with van der Waals surface area (Å²) in [6.45, 7) is 7.02. The fourth-order valence-electron chi connectivity index (χ4n) is 3.60. The molecule has 184 valence electrons. The lowest BCUT2D eigenvalue weighted by molar-refractivity contribution is -0.135. The second-order valence-corrected chi connectivity index (χ2v) is 9.84. The summed E-state index contributed by atoms with van der Waals surface area (Å²) >= 11 is 6.27. The van der Waals surface area contributed by atoms with E-state index in [0.717, 1.165) is 5.56 Å². The number of nitrogens with zero attached hydrogens (tertiary/aromatic N) is 3. The number of ketones is 1. The zero-order valence-electron chi connectivity index (χ0n) is 20.3. The molecule has 0 saturated carbocycles. The Labute approximate surface area is 213 Å². The molecule has 0 spiro atoms. The number of rotatable bonds is 6. The normalized spacial score (nSPS) is 12.2. The van der Waals surface area contributed by atoms with Crippen molar-refractivity contribution in [2.75, 3.05) is 5.32 Å². The van der Waals surface area contributed by atoms with E-state index in [1.165, 1.54) is 10.7 Å². The average Bonchev–Trinajstić information content (AvgIpc) is 3.24. The molecule has 1 amide bonds. The largest absolute Gasteiger partial charge is 0.423 e. The van der Waals surface area contributed by atoms with Crippen molar-refractivity contribution in [1.29, 1.82) is 0 Å². The molecule has 1 N–H and O–H groups in total. The van der Waals surface area contributed by atoms with Gasteiger partial charge in [-0.05, 0) is 55.0 Å². The van der Waals surface area contributed by atoms with Crippen molar-refractivity contribution in [3.8, 4) is 5.75 Å². The highest BCUT2D eigenvalue weighted by Crippen LogP contribution is 2.29. The molecule has 36 heavy (non-hydrogen) atoms. The summed E-state index contributed by atoms with van der Waals surface area (Å²) < 4.78 is 6.67. The van der Waals surface area contributed by atoms with Gasteiger partial charge in [-0.2, -0.15) is 0 Å². The number of fused-ring (bicyclic) bond motifs is 1. The predicted octanol–water partition coefficient (Wildman–Crippen LogP) is 5.41. The first kappa shape index (κ1) is 25.1. The van der Waals surface area contributed by atoms with Crippen LogP contribution in [0.25, 0.3) is 11.0 Å². The smallest absolute Gasteiger partial charge is 0.343 e. The summed E-state index contributed by atoms with van der Waals surface area (Å²) in [7, 11) is 0. The number of Topliss-reactive ketones (excluding diaryl/α,β-unsaturated/α-hetero) is 1. The highest BCUT2D eigenvalue weighted by molar-refractivity contribution is 6.34. The van der Waals surface area contributed by atoms with Gasteiger partial charge in [0.15, 0.2) is 11.8 Å². The van der Waals surface area contributed by atoms with Crippen LogP contribution in [0.2, 0.25) is 5.02 Å². The van der Waals surface area contributed by atoms with Crippen LogP contribution >= 0.6 is 11.6 Å². The molecule has 1 heterocycles. The Kier molecular flexibility index (Phi) is 6.90. The molecule has 0 saturated heterocycles. The Morgan fingerprint density at radius 3 is 2.42 bits per heavy atom. The number of halogens is 1. The number of para-hydroxylation sites is 1. The van der Waals surface area contributed by atoms with Crippen LogP contribution in [-0.4, -0.2) is 32.7 Å². The van der Waals surface area contributed by atoms with Crippen molar-refractivity contribution in [1.82, 2.24) is 15.0 Å². The quantitative estimate of drug-likeness (QED) is 0.214. The number of carbonyl (C=O) groups excluding carboxylic acids is 3. The van der Waals surface area contributed by atoms with E-state index in [0.29, 0.717) is 27.5 Å². The molecule has 3 aromatic carbocycles. The number of benzene rings is 3.